The van der Waals surface area contributed by atoms with Gasteiger partial charge in [0, 0.05) is 4.88 Å². The maximum atomic E-state index is 10.8. The molecule has 13 heavy (non-hydrogen) atoms. The second-order valence-corrected chi connectivity index (χ2v) is 3.86. The van der Waals surface area contributed by atoms with Gasteiger partial charge in [0.15, 0.2) is 0 Å². The average molecular weight is 199 g/mol. The Kier molecular flexibility index (Phi) is 3.31. The van der Waals surface area contributed by atoms with E-state index in [0.717, 1.165) is 5.69 Å². The summed E-state index contributed by atoms with van der Waals surface area (Å²) in [5.74, 6) is -0.245. The molecule has 4 heteroatoms. The highest BCUT2D eigenvalue weighted by atomic mass is 32.1. The maximum absolute atomic E-state index is 10.8. The van der Waals surface area contributed by atoms with Crippen LogP contribution in [0.25, 0.3) is 0 Å². The molecule has 0 spiro atoms. The Bertz CT molecular complexity index is 287. The number of aryl methyl sites for hydroxylation is 2. The summed E-state index contributed by atoms with van der Waals surface area (Å²) >= 11 is 1.68. The SMILES string of the molecule is COC(=O)CNc1c(C)csc1C. The Balaban J connectivity index is 2.58. The van der Waals surface area contributed by atoms with Gasteiger partial charge in [-0.1, -0.05) is 0 Å². The van der Waals surface area contributed by atoms with Gasteiger partial charge in [-0.2, -0.15) is 0 Å². The van der Waals surface area contributed by atoms with Crippen molar-refractivity contribution < 1.29 is 9.53 Å². The van der Waals surface area contributed by atoms with Gasteiger partial charge in [0.05, 0.1) is 12.8 Å². The second-order valence-electron chi connectivity index (χ2n) is 2.78. The standard InChI is InChI=1S/C9H13NO2S/c1-6-5-13-7(2)9(6)10-4-8(11)12-3/h5,10H,4H2,1-3H3. The highest BCUT2D eigenvalue weighted by molar-refractivity contribution is 7.10. The lowest BCUT2D eigenvalue weighted by molar-refractivity contribution is -0.138. The Morgan fingerprint density at radius 3 is 2.77 bits per heavy atom. The van der Waals surface area contributed by atoms with E-state index in [0.29, 0.717) is 0 Å². The van der Waals surface area contributed by atoms with Gasteiger partial charge in [0.2, 0.25) is 0 Å². The van der Waals surface area contributed by atoms with E-state index in [-0.39, 0.29) is 12.5 Å². The minimum atomic E-state index is -0.245. The van der Waals surface area contributed by atoms with Crippen LogP contribution in [-0.2, 0) is 9.53 Å². The summed E-state index contributed by atoms with van der Waals surface area (Å²) in [6.07, 6.45) is 0. The summed E-state index contributed by atoms with van der Waals surface area (Å²) in [4.78, 5) is 12.0. The molecule has 0 aliphatic heterocycles. The molecule has 0 saturated carbocycles. The lowest BCUT2D eigenvalue weighted by atomic mass is 10.3. The fraction of sp³-hybridized carbons (Fsp3) is 0.444. The first-order chi connectivity index (χ1) is 6.15. The van der Waals surface area contributed by atoms with E-state index in [1.54, 1.807) is 11.3 Å². The predicted molar refractivity (Wildman–Crippen MR) is 54.3 cm³/mol. The van der Waals surface area contributed by atoms with Crippen LogP contribution in [0.1, 0.15) is 10.4 Å². The molecule has 0 amide bonds. The molecule has 3 nitrogen and oxygen atoms in total. The van der Waals surface area contributed by atoms with E-state index in [9.17, 15) is 4.79 Å². The first-order valence-corrected chi connectivity index (χ1v) is 4.88. The van der Waals surface area contributed by atoms with Crippen molar-refractivity contribution in [3.8, 4) is 0 Å². The number of anilines is 1. The highest BCUT2D eigenvalue weighted by Crippen LogP contribution is 2.25. The summed E-state index contributed by atoms with van der Waals surface area (Å²) in [6, 6.07) is 0. The van der Waals surface area contributed by atoms with Crippen molar-refractivity contribution in [2.45, 2.75) is 13.8 Å². The topological polar surface area (TPSA) is 38.3 Å². The van der Waals surface area contributed by atoms with Gasteiger partial charge in [0.25, 0.3) is 0 Å². The van der Waals surface area contributed by atoms with E-state index < -0.39 is 0 Å². The van der Waals surface area contributed by atoms with Crippen LogP contribution in [-0.4, -0.2) is 19.6 Å². The van der Waals surface area contributed by atoms with E-state index in [1.807, 2.05) is 13.8 Å². The van der Waals surface area contributed by atoms with E-state index in [1.165, 1.54) is 17.6 Å². The van der Waals surface area contributed by atoms with Crippen molar-refractivity contribution in [2.75, 3.05) is 19.0 Å². The summed E-state index contributed by atoms with van der Waals surface area (Å²) in [5.41, 5.74) is 2.22. The number of carbonyl (C=O) groups excluding carboxylic acids is 1. The fourth-order valence-corrected chi connectivity index (χ4v) is 1.89. The third-order valence-electron chi connectivity index (χ3n) is 1.80. The number of esters is 1. The van der Waals surface area contributed by atoms with Gasteiger partial charge in [0.1, 0.15) is 6.54 Å². The molecule has 0 saturated heterocycles. The molecule has 0 bridgehead atoms. The lowest BCUT2D eigenvalue weighted by Gasteiger charge is -2.05. The first-order valence-electron chi connectivity index (χ1n) is 4.00. The minimum Gasteiger partial charge on any atom is -0.468 e. The molecular weight excluding hydrogens is 186 g/mol. The van der Waals surface area contributed by atoms with Crippen molar-refractivity contribution in [3.05, 3.63) is 15.8 Å². The summed E-state index contributed by atoms with van der Waals surface area (Å²) in [5, 5.41) is 5.11. The first kappa shape index (κ1) is 10.1. The van der Waals surface area contributed by atoms with Crippen LogP contribution in [0.3, 0.4) is 0 Å². The molecule has 0 aliphatic carbocycles. The molecule has 1 heterocycles. The fourth-order valence-electron chi connectivity index (χ4n) is 1.07. The summed E-state index contributed by atoms with van der Waals surface area (Å²) in [6.45, 7) is 4.27. The molecule has 0 aliphatic rings. The molecule has 1 N–H and O–H groups in total. The second kappa shape index (κ2) is 4.28. The van der Waals surface area contributed by atoms with Gasteiger partial charge in [-0.05, 0) is 24.8 Å². The van der Waals surface area contributed by atoms with Crippen molar-refractivity contribution in [1.82, 2.24) is 0 Å². The minimum absolute atomic E-state index is 0.231. The number of methoxy groups -OCH3 is 1. The number of rotatable bonds is 3. The monoisotopic (exact) mass is 199 g/mol. The third-order valence-corrected chi connectivity index (χ3v) is 2.83. The highest BCUT2D eigenvalue weighted by Gasteiger charge is 2.06. The van der Waals surface area contributed by atoms with Crippen molar-refractivity contribution in [2.24, 2.45) is 0 Å². The molecule has 0 aromatic carbocycles. The summed E-state index contributed by atoms with van der Waals surface area (Å²) < 4.78 is 4.53. The Morgan fingerprint density at radius 1 is 1.62 bits per heavy atom. The molecule has 1 aromatic rings. The third kappa shape index (κ3) is 2.45. The van der Waals surface area contributed by atoms with Gasteiger partial charge in [-0.3, -0.25) is 4.79 Å². The van der Waals surface area contributed by atoms with Crippen LogP contribution in [0.4, 0.5) is 5.69 Å². The molecule has 1 rings (SSSR count). The zero-order valence-electron chi connectivity index (χ0n) is 8.01. The lowest BCUT2D eigenvalue weighted by Crippen LogP contribution is -2.15. The van der Waals surface area contributed by atoms with Crippen LogP contribution in [0.15, 0.2) is 5.38 Å². The van der Waals surface area contributed by atoms with Crippen LogP contribution in [0.2, 0.25) is 0 Å². The molecular formula is C9H13NO2S. The normalized spacial score (nSPS) is 9.77. The number of hydrogen-bond acceptors (Lipinski definition) is 4. The van der Waals surface area contributed by atoms with Crippen LogP contribution in [0.5, 0.6) is 0 Å². The molecule has 0 radical (unpaired) electrons. The zero-order chi connectivity index (χ0) is 9.84. The molecule has 0 atom stereocenters. The van der Waals surface area contributed by atoms with Crippen molar-refractivity contribution in [1.29, 1.82) is 0 Å². The van der Waals surface area contributed by atoms with Crippen LogP contribution >= 0.6 is 11.3 Å². The van der Waals surface area contributed by atoms with Crippen LogP contribution in [0, 0.1) is 13.8 Å². The zero-order valence-corrected chi connectivity index (χ0v) is 8.83. The molecule has 0 fully saturated rings. The number of hydrogen-bond donors (Lipinski definition) is 1. The largest absolute Gasteiger partial charge is 0.468 e. The van der Waals surface area contributed by atoms with E-state index >= 15 is 0 Å². The Labute approximate surface area is 81.7 Å². The summed E-state index contributed by atoms with van der Waals surface area (Å²) in [7, 11) is 1.39. The smallest absolute Gasteiger partial charge is 0.325 e. The Hall–Kier alpha value is -1.03. The molecule has 1 aromatic heterocycles. The average Bonchev–Trinajstić information content (AvgIpc) is 2.43. The van der Waals surface area contributed by atoms with Gasteiger partial charge in [-0.25, -0.2) is 0 Å². The quantitative estimate of drug-likeness (QED) is 0.756. The number of thiophene rings is 1. The number of carbonyl (C=O) groups is 1. The van der Waals surface area contributed by atoms with E-state index in [4.69, 9.17) is 0 Å². The maximum Gasteiger partial charge on any atom is 0.325 e. The Morgan fingerprint density at radius 2 is 2.31 bits per heavy atom. The van der Waals surface area contributed by atoms with Crippen molar-refractivity contribution >= 4 is 23.0 Å². The number of nitrogens with one attached hydrogen (secondary N) is 1. The number of ether oxygens (including phenoxy) is 1. The molecule has 72 valence electrons. The molecule has 0 unspecified atom stereocenters. The van der Waals surface area contributed by atoms with Crippen molar-refractivity contribution in [3.63, 3.8) is 0 Å². The van der Waals surface area contributed by atoms with Gasteiger partial charge < -0.3 is 10.1 Å². The van der Waals surface area contributed by atoms with Gasteiger partial charge >= 0.3 is 5.97 Å². The predicted octanol–water partition coefficient (Wildman–Crippen LogP) is 1.95. The van der Waals surface area contributed by atoms with Gasteiger partial charge in [-0.15, -0.1) is 11.3 Å². The van der Waals surface area contributed by atoms with E-state index in [2.05, 4.69) is 15.4 Å². The van der Waals surface area contributed by atoms with Crippen LogP contribution < -0.4 is 5.32 Å².